The zero-order valence-electron chi connectivity index (χ0n) is 38.7. The molecule has 3 heterocycles. The molecule has 7 fully saturated rings. The Balaban J connectivity index is 1.07. The highest BCUT2D eigenvalue weighted by Gasteiger charge is 2.70. The van der Waals surface area contributed by atoms with Crippen LogP contribution >= 0.6 is 0 Å². The average molecular weight is 927 g/mol. The Morgan fingerprint density at radius 2 is 1.35 bits per heavy atom. The fourth-order valence-corrected chi connectivity index (χ4v) is 14.8. The van der Waals surface area contributed by atoms with E-state index in [2.05, 4.69) is 54.5 Å². The zero-order chi connectivity index (χ0) is 47.6. The molecule has 0 aromatic heterocycles. The van der Waals surface area contributed by atoms with Crippen LogP contribution in [0.2, 0.25) is 0 Å². The third-order valence-corrected chi connectivity index (χ3v) is 18.9. The van der Waals surface area contributed by atoms with E-state index >= 15 is 0 Å². The Morgan fingerprint density at radius 1 is 0.692 bits per heavy atom. The molecule has 4 saturated carbocycles. The maximum atomic E-state index is 13.1. The summed E-state index contributed by atoms with van der Waals surface area (Å²) in [5, 5.41) is 106. The van der Waals surface area contributed by atoms with Gasteiger partial charge in [0.1, 0.15) is 61.0 Å². The van der Waals surface area contributed by atoms with Gasteiger partial charge in [-0.1, -0.05) is 60.1 Å². The van der Waals surface area contributed by atoms with Crippen molar-refractivity contribution in [3.05, 3.63) is 11.6 Å². The maximum Gasteiger partial charge on any atom is 0.335 e. The summed E-state index contributed by atoms with van der Waals surface area (Å²) in [6.07, 6.45) is -15.1. The summed E-state index contributed by atoms with van der Waals surface area (Å²) in [4.78, 5) is 26.1. The number of hydrogen-bond acceptors (Lipinski definition) is 16. The average Bonchev–Trinajstić information content (AvgIpc) is 3.23. The van der Waals surface area contributed by atoms with E-state index in [9.17, 15) is 60.7 Å². The molecule has 8 rings (SSSR count). The van der Waals surface area contributed by atoms with Gasteiger partial charge < -0.3 is 79.5 Å². The first-order valence-corrected chi connectivity index (χ1v) is 23.7. The predicted molar refractivity (Wildman–Crippen MR) is 225 cm³/mol. The van der Waals surface area contributed by atoms with Crippen molar-refractivity contribution in [2.45, 2.75) is 205 Å². The fourth-order valence-electron chi connectivity index (χ4n) is 14.8. The molecule has 3 aliphatic heterocycles. The Hall–Kier alpha value is -1.88. The summed E-state index contributed by atoms with van der Waals surface area (Å²) in [6, 6.07) is 0. The molecule has 0 aromatic carbocycles. The predicted octanol–water partition coefficient (Wildman–Crippen LogP) is 1.44. The van der Waals surface area contributed by atoms with E-state index in [1.807, 2.05) is 0 Å². The van der Waals surface area contributed by atoms with E-state index in [-0.39, 0.29) is 39.4 Å². The minimum atomic E-state index is -1.99. The molecule has 0 amide bonds. The maximum absolute atomic E-state index is 13.1. The second-order valence-corrected chi connectivity index (χ2v) is 23.1. The largest absolute Gasteiger partial charge is 0.481 e. The van der Waals surface area contributed by atoms with Gasteiger partial charge in [-0.2, -0.15) is 0 Å². The molecule has 8 aliphatic rings. The standard InChI is InChI=1S/C47H74O18/c1-42(2)14-16-47(41(58)59)17-15-45(6)21(22(47)18-42)8-9-26-44(5)12-11-27(43(3,4)25(44)10-13-46(26,45)7)62-40-35(64-38-31(53)28(50)23(49)20-60-38)33(55)34(36(65-40)37(56)57)63-39-32(54)30(52)29(51)24(19-48)61-39/h8,22-36,38-40,48-55H,9-20H2,1-7H3,(H,56,57)(H,58,59). The SMILES string of the molecule is CC1(C)CCC2(C(=O)O)CCC3(C)C(=CCC4C5(C)CCC(OC6OC(C(=O)O)C(OC7OC(CO)C(O)C(O)C7O)C(O)C6OC6OCC(O)C(O)C6O)C(C)(C)C5CCC43C)C2C1. The highest BCUT2D eigenvalue weighted by molar-refractivity contribution is 5.76. The van der Waals surface area contributed by atoms with Gasteiger partial charge in [0.15, 0.2) is 25.0 Å². The summed E-state index contributed by atoms with van der Waals surface area (Å²) in [5.74, 6) is -1.91. The zero-order valence-corrected chi connectivity index (χ0v) is 38.7. The van der Waals surface area contributed by atoms with Crippen LogP contribution in [0.25, 0.3) is 0 Å². The number of aliphatic hydroxyl groups excluding tert-OH is 8. The van der Waals surface area contributed by atoms with Crippen molar-refractivity contribution in [1.82, 2.24) is 0 Å². The summed E-state index contributed by atoms with van der Waals surface area (Å²) < 4.78 is 35.9. The molecular formula is C47H74O18. The van der Waals surface area contributed by atoms with Crippen LogP contribution in [0.1, 0.15) is 113 Å². The Bertz CT molecular complexity index is 1820. The van der Waals surface area contributed by atoms with Gasteiger partial charge in [0.2, 0.25) is 0 Å². The van der Waals surface area contributed by atoms with Gasteiger partial charge in [-0.3, -0.25) is 4.79 Å². The van der Waals surface area contributed by atoms with E-state index in [1.54, 1.807) is 0 Å². The highest BCUT2D eigenvalue weighted by Crippen LogP contribution is 2.76. The molecule has 65 heavy (non-hydrogen) atoms. The molecule has 22 unspecified atom stereocenters. The number of rotatable bonds is 9. The summed E-state index contributed by atoms with van der Waals surface area (Å²) in [6.45, 7) is 14.7. The van der Waals surface area contributed by atoms with Gasteiger partial charge >= 0.3 is 11.9 Å². The number of carboxylic acid groups (broad SMARTS) is 2. The van der Waals surface area contributed by atoms with Crippen LogP contribution < -0.4 is 0 Å². The van der Waals surface area contributed by atoms with E-state index in [1.165, 1.54) is 5.57 Å². The van der Waals surface area contributed by atoms with E-state index in [4.69, 9.17) is 28.4 Å². The van der Waals surface area contributed by atoms with Gasteiger partial charge in [0.25, 0.3) is 0 Å². The second-order valence-electron chi connectivity index (χ2n) is 23.1. The number of hydrogen-bond donors (Lipinski definition) is 10. The molecular weight excluding hydrogens is 852 g/mol. The number of allylic oxidation sites excluding steroid dienone is 2. The lowest BCUT2D eigenvalue weighted by Gasteiger charge is -2.71. The van der Waals surface area contributed by atoms with Crippen LogP contribution in [0.15, 0.2) is 11.6 Å². The Labute approximate surface area is 380 Å². The molecule has 0 radical (unpaired) electrons. The first kappa shape index (κ1) is 49.5. The first-order chi connectivity index (χ1) is 30.3. The van der Waals surface area contributed by atoms with Crippen LogP contribution in [-0.2, 0) is 38.0 Å². The molecule has 3 saturated heterocycles. The van der Waals surface area contributed by atoms with Crippen molar-refractivity contribution < 1.29 is 89.1 Å². The van der Waals surface area contributed by atoms with Gasteiger partial charge in [-0.05, 0) is 109 Å². The molecule has 10 N–H and O–H groups in total. The van der Waals surface area contributed by atoms with Crippen molar-refractivity contribution in [3.63, 3.8) is 0 Å². The van der Waals surface area contributed by atoms with Crippen molar-refractivity contribution in [2.24, 2.45) is 50.2 Å². The van der Waals surface area contributed by atoms with Crippen LogP contribution in [0.4, 0.5) is 0 Å². The summed E-state index contributed by atoms with van der Waals surface area (Å²) in [7, 11) is 0. The van der Waals surface area contributed by atoms with E-state index in [0.29, 0.717) is 19.3 Å². The molecule has 0 bridgehead atoms. The van der Waals surface area contributed by atoms with Gasteiger partial charge in [0.05, 0.1) is 24.7 Å². The summed E-state index contributed by atoms with van der Waals surface area (Å²) >= 11 is 0. The fraction of sp³-hybridized carbons (Fsp3) is 0.915. The molecule has 18 heteroatoms. The molecule has 18 nitrogen and oxygen atoms in total. The number of aliphatic carboxylic acids is 2. The lowest BCUT2D eigenvalue weighted by Crippen LogP contribution is -2.68. The van der Waals surface area contributed by atoms with Crippen LogP contribution in [-0.4, -0.2) is 168 Å². The first-order valence-electron chi connectivity index (χ1n) is 23.7. The normalized spacial score (nSPS) is 52.8. The van der Waals surface area contributed by atoms with Crippen molar-refractivity contribution in [1.29, 1.82) is 0 Å². The van der Waals surface area contributed by atoms with E-state index < -0.39 is 128 Å². The number of ether oxygens (including phenoxy) is 6. The van der Waals surface area contributed by atoms with Gasteiger partial charge in [-0.15, -0.1) is 0 Å². The van der Waals surface area contributed by atoms with Crippen molar-refractivity contribution in [3.8, 4) is 0 Å². The third-order valence-electron chi connectivity index (χ3n) is 18.9. The van der Waals surface area contributed by atoms with Crippen LogP contribution in [0.3, 0.4) is 0 Å². The monoisotopic (exact) mass is 926 g/mol. The molecule has 0 spiro atoms. The lowest BCUT2D eigenvalue weighted by atomic mass is 9.33. The topological polar surface area (TPSA) is 292 Å². The number of fused-ring (bicyclic) bond motifs is 7. The summed E-state index contributed by atoms with van der Waals surface area (Å²) in [5.41, 5.74) is -0.409. The minimum absolute atomic E-state index is 0.0160. The number of carboxylic acids is 2. The smallest absolute Gasteiger partial charge is 0.335 e. The van der Waals surface area contributed by atoms with Crippen molar-refractivity contribution in [2.75, 3.05) is 13.2 Å². The van der Waals surface area contributed by atoms with Gasteiger partial charge in [0, 0.05) is 0 Å². The van der Waals surface area contributed by atoms with Crippen molar-refractivity contribution >= 4 is 11.9 Å². The Kier molecular flexibility index (Phi) is 13.1. The van der Waals surface area contributed by atoms with Crippen LogP contribution in [0.5, 0.6) is 0 Å². The third kappa shape index (κ3) is 7.76. The Morgan fingerprint density at radius 3 is 2.02 bits per heavy atom. The lowest BCUT2D eigenvalue weighted by molar-refractivity contribution is -0.386. The van der Waals surface area contributed by atoms with Gasteiger partial charge in [-0.25, -0.2) is 4.79 Å². The van der Waals surface area contributed by atoms with Crippen LogP contribution in [0, 0.1) is 50.2 Å². The highest BCUT2D eigenvalue weighted by atomic mass is 16.8. The second kappa shape index (κ2) is 17.2. The van der Waals surface area contributed by atoms with E-state index in [0.717, 1.165) is 44.9 Å². The molecule has 5 aliphatic carbocycles. The number of carbonyl (C=O) groups is 2. The molecule has 22 atom stereocenters. The molecule has 0 aromatic rings. The quantitative estimate of drug-likeness (QED) is 0.116. The minimum Gasteiger partial charge on any atom is -0.481 e. The number of aliphatic hydroxyl groups is 8. The molecule has 370 valence electrons.